The fourth-order valence-corrected chi connectivity index (χ4v) is 3.32. The maximum absolute atomic E-state index is 12.3. The van der Waals surface area contributed by atoms with Crippen LogP contribution in [0.15, 0.2) is 24.3 Å². The van der Waals surface area contributed by atoms with Crippen LogP contribution in [-0.2, 0) is 17.6 Å². The van der Waals surface area contributed by atoms with Crippen molar-refractivity contribution in [1.82, 2.24) is 5.32 Å². The lowest BCUT2D eigenvalue weighted by atomic mass is 9.92. The van der Waals surface area contributed by atoms with Gasteiger partial charge in [-0.15, -0.1) is 0 Å². The summed E-state index contributed by atoms with van der Waals surface area (Å²) < 4.78 is 0. The second-order valence-corrected chi connectivity index (χ2v) is 5.84. The topological polar surface area (TPSA) is 49.3 Å². The molecule has 0 bridgehead atoms. The Morgan fingerprint density at radius 2 is 1.74 bits per heavy atom. The molecule has 3 rings (SSSR count). The average molecular weight is 259 g/mol. The highest BCUT2D eigenvalue weighted by molar-refractivity contribution is 5.80. The number of amides is 1. The van der Waals surface area contributed by atoms with Crippen LogP contribution < -0.4 is 5.32 Å². The van der Waals surface area contributed by atoms with Crippen LogP contribution in [0.1, 0.15) is 36.8 Å². The van der Waals surface area contributed by atoms with Gasteiger partial charge in [0.25, 0.3) is 0 Å². The molecule has 0 heterocycles. The summed E-state index contributed by atoms with van der Waals surface area (Å²) in [6.45, 7) is 0. The zero-order valence-corrected chi connectivity index (χ0v) is 11.1. The van der Waals surface area contributed by atoms with Crippen molar-refractivity contribution < 1.29 is 9.90 Å². The van der Waals surface area contributed by atoms with Gasteiger partial charge in [0, 0.05) is 5.92 Å². The van der Waals surface area contributed by atoms with Gasteiger partial charge in [0.2, 0.25) is 5.91 Å². The van der Waals surface area contributed by atoms with Crippen LogP contribution in [0.4, 0.5) is 0 Å². The molecular weight excluding hydrogens is 238 g/mol. The highest BCUT2D eigenvalue weighted by atomic mass is 16.3. The number of carbonyl (C=O) groups excluding carboxylic acids is 1. The van der Waals surface area contributed by atoms with E-state index in [0.29, 0.717) is 0 Å². The fraction of sp³-hybridized carbons (Fsp3) is 0.562. The second-order valence-electron chi connectivity index (χ2n) is 5.84. The number of hydrogen-bond donors (Lipinski definition) is 2. The Bertz CT molecular complexity index is 447. The third kappa shape index (κ3) is 2.66. The van der Waals surface area contributed by atoms with Gasteiger partial charge in [0.05, 0.1) is 12.1 Å². The summed E-state index contributed by atoms with van der Waals surface area (Å²) in [5.74, 6) is 0.161. The number of carbonyl (C=O) groups is 1. The number of benzene rings is 1. The van der Waals surface area contributed by atoms with E-state index in [9.17, 15) is 9.90 Å². The minimum Gasteiger partial charge on any atom is -0.391 e. The van der Waals surface area contributed by atoms with Crippen molar-refractivity contribution in [2.45, 2.75) is 50.7 Å². The van der Waals surface area contributed by atoms with E-state index in [0.717, 1.165) is 38.5 Å². The minimum atomic E-state index is -0.360. The molecule has 1 amide bonds. The third-order valence-electron chi connectivity index (χ3n) is 4.48. The molecule has 0 aromatic heterocycles. The Balaban J connectivity index is 1.60. The molecule has 1 fully saturated rings. The molecule has 1 aromatic rings. The summed E-state index contributed by atoms with van der Waals surface area (Å²) in [5, 5.41) is 13.0. The van der Waals surface area contributed by atoms with Crippen LogP contribution in [0, 0.1) is 5.92 Å². The van der Waals surface area contributed by atoms with E-state index in [-0.39, 0.29) is 24.0 Å². The standard InChI is InChI=1S/C16H21NO2/c18-15-8-4-3-7-14(15)17-16(19)13-9-11-5-1-2-6-12(11)10-13/h1-2,5-6,13-15,18H,3-4,7-10H2,(H,17,19)/t14-,15-/m1/s1. The first kappa shape index (κ1) is 12.7. The van der Waals surface area contributed by atoms with Crippen LogP contribution >= 0.6 is 0 Å². The van der Waals surface area contributed by atoms with Crippen molar-refractivity contribution in [3.8, 4) is 0 Å². The first-order valence-corrected chi connectivity index (χ1v) is 7.29. The van der Waals surface area contributed by atoms with E-state index in [4.69, 9.17) is 0 Å². The van der Waals surface area contributed by atoms with Crippen LogP contribution in [0.2, 0.25) is 0 Å². The number of hydrogen-bond acceptors (Lipinski definition) is 2. The lowest BCUT2D eigenvalue weighted by Crippen LogP contribution is -2.47. The molecule has 2 aliphatic rings. The van der Waals surface area contributed by atoms with E-state index in [1.54, 1.807) is 0 Å². The molecule has 2 atom stereocenters. The highest BCUT2D eigenvalue weighted by Gasteiger charge is 2.31. The largest absolute Gasteiger partial charge is 0.391 e. The van der Waals surface area contributed by atoms with Gasteiger partial charge in [-0.1, -0.05) is 37.1 Å². The fourth-order valence-electron chi connectivity index (χ4n) is 3.32. The SMILES string of the molecule is O=C(N[C@@H]1CCCC[C@H]1O)C1Cc2ccccc2C1. The smallest absolute Gasteiger partial charge is 0.224 e. The summed E-state index contributed by atoms with van der Waals surface area (Å²) >= 11 is 0. The molecule has 2 N–H and O–H groups in total. The maximum atomic E-state index is 12.3. The zero-order chi connectivity index (χ0) is 13.2. The Kier molecular flexibility index (Phi) is 3.56. The summed E-state index contributed by atoms with van der Waals surface area (Å²) in [6, 6.07) is 8.24. The summed E-state index contributed by atoms with van der Waals surface area (Å²) in [6.07, 6.45) is 5.22. The molecule has 1 saturated carbocycles. The predicted octanol–water partition coefficient (Wildman–Crippen LogP) is 1.82. The molecule has 3 nitrogen and oxygen atoms in total. The Hall–Kier alpha value is -1.35. The lowest BCUT2D eigenvalue weighted by molar-refractivity contribution is -0.126. The average Bonchev–Trinajstić information content (AvgIpc) is 2.85. The highest BCUT2D eigenvalue weighted by Crippen LogP contribution is 2.27. The van der Waals surface area contributed by atoms with Gasteiger partial charge in [0.1, 0.15) is 0 Å². The molecule has 3 heteroatoms. The molecule has 19 heavy (non-hydrogen) atoms. The van der Waals surface area contributed by atoms with Crippen molar-refractivity contribution >= 4 is 5.91 Å². The number of aliphatic hydroxyl groups is 1. The van der Waals surface area contributed by atoms with Crippen LogP contribution in [0.5, 0.6) is 0 Å². The zero-order valence-electron chi connectivity index (χ0n) is 11.1. The monoisotopic (exact) mass is 259 g/mol. The van der Waals surface area contributed by atoms with Gasteiger partial charge in [-0.05, 0) is 36.8 Å². The molecule has 102 valence electrons. The van der Waals surface area contributed by atoms with Gasteiger partial charge in [0.15, 0.2) is 0 Å². The summed E-state index contributed by atoms with van der Waals surface area (Å²) in [4.78, 5) is 12.3. The van der Waals surface area contributed by atoms with Gasteiger partial charge in [-0.25, -0.2) is 0 Å². The first-order chi connectivity index (χ1) is 9.24. The van der Waals surface area contributed by atoms with Gasteiger partial charge < -0.3 is 10.4 Å². The van der Waals surface area contributed by atoms with E-state index in [1.807, 2.05) is 12.1 Å². The Morgan fingerprint density at radius 3 is 2.37 bits per heavy atom. The van der Waals surface area contributed by atoms with Crippen LogP contribution in [-0.4, -0.2) is 23.2 Å². The van der Waals surface area contributed by atoms with Crippen molar-refractivity contribution in [2.24, 2.45) is 5.92 Å². The van der Waals surface area contributed by atoms with Gasteiger partial charge >= 0.3 is 0 Å². The van der Waals surface area contributed by atoms with Gasteiger partial charge in [-0.2, -0.15) is 0 Å². The number of rotatable bonds is 2. The molecule has 2 aliphatic carbocycles. The van der Waals surface area contributed by atoms with Crippen molar-refractivity contribution in [3.63, 3.8) is 0 Å². The van der Waals surface area contributed by atoms with Crippen LogP contribution in [0.3, 0.4) is 0 Å². The molecule has 1 aromatic carbocycles. The molecule has 0 radical (unpaired) electrons. The van der Waals surface area contributed by atoms with E-state index in [2.05, 4.69) is 17.4 Å². The van der Waals surface area contributed by atoms with E-state index >= 15 is 0 Å². The van der Waals surface area contributed by atoms with E-state index in [1.165, 1.54) is 11.1 Å². The van der Waals surface area contributed by atoms with Crippen molar-refractivity contribution in [2.75, 3.05) is 0 Å². The quantitative estimate of drug-likeness (QED) is 0.851. The predicted molar refractivity (Wildman–Crippen MR) is 73.7 cm³/mol. The molecule has 0 spiro atoms. The van der Waals surface area contributed by atoms with Crippen molar-refractivity contribution in [1.29, 1.82) is 0 Å². The second kappa shape index (κ2) is 5.33. The van der Waals surface area contributed by atoms with Crippen molar-refractivity contribution in [3.05, 3.63) is 35.4 Å². The Morgan fingerprint density at radius 1 is 1.11 bits per heavy atom. The lowest BCUT2D eigenvalue weighted by Gasteiger charge is -2.29. The molecule has 0 aliphatic heterocycles. The third-order valence-corrected chi connectivity index (χ3v) is 4.48. The summed E-state index contributed by atoms with van der Waals surface area (Å²) in [5.41, 5.74) is 2.60. The maximum Gasteiger partial charge on any atom is 0.224 e. The molecular formula is C16H21NO2. The first-order valence-electron chi connectivity index (χ1n) is 7.29. The van der Waals surface area contributed by atoms with Gasteiger partial charge in [-0.3, -0.25) is 4.79 Å². The van der Waals surface area contributed by atoms with E-state index < -0.39 is 0 Å². The molecule has 0 unspecified atom stereocenters. The summed E-state index contributed by atoms with van der Waals surface area (Å²) in [7, 11) is 0. The minimum absolute atomic E-state index is 0.0371. The Labute approximate surface area is 114 Å². The number of fused-ring (bicyclic) bond motifs is 1. The molecule has 0 saturated heterocycles. The number of nitrogens with one attached hydrogen (secondary N) is 1. The number of aliphatic hydroxyl groups excluding tert-OH is 1. The normalized spacial score (nSPS) is 27.0. The van der Waals surface area contributed by atoms with Crippen LogP contribution in [0.25, 0.3) is 0 Å².